The number of hydrogen-bond donors (Lipinski definition) is 1. The number of carbonyl (C=O) groups is 5. The van der Waals surface area contributed by atoms with E-state index in [4.69, 9.17) is 9.47 Å². The number of nitrogens with one attached hydrogen (secondary N) is 1. The summed E-state index contributed by atoms with van der Waals surface area (Å²) in [6.45, 7) is 13.0. The van der Waals surface area contributed by atoms with Crippen LogP contribution in [-0.2, 0) is 39.9 Å². The summed E-state index contributed by atoms with van der Waals surface area (Å²) in [5, 5.41) is 3.20. The number of ether oxygens (including phenoxy) is 2. The van der Waals surface area contributed by atoms with E-state index >= 15 is 0 Å². The van der Waals surface area contributed by atoms with Crippen LogP contribution in [0.3, 0.4) is 0 Å². The molecule has 1 aliphatic heterocycles. The Morgan fingerprint density at radius 3 is 2.05 bits per heavy atom. The Bertz CT molecular complexity index is 1450. The molecule has 3 rings (SSSR count). The van der Waals surface area contributed by atoms with Crippen LogP contribution >= 0.6 is 0 Å². The third-order valence-electron chi connectivity index (χ3n) is 13.6. The fourth-order valence-corrected chi connectivity index (χ4v) is 9.25. The zero-order valence-electron chi connectivity index (χ0n) is 37.8. The molecule has 0 spiro atoms. The number of ketones is 2. The zero-order chi connectivity index (χ0) is 43.1. The number of methoxy groups -OCH3 is 2. The molecule has 0 radical (unpaired) electrons. The van der Waals surface area contributed by atoms with Crippen molar-refractivity contribution in [2.24, 2.45) is 35.5 Å². The topological polar surface area (TPSA) is 126 Å². The van der Waals surface area contributed by atoms with Crippen molar-refractivity contribution in [2.45, 2.75) is 149 Å². The maximum atomic E-state index is 14.3. The number of amides is 3. The first kappa shape index (κ1) is 49.2. The maximum absolute atomic E-state index is 14.3. The molecule has 58 heavy (non-hydrogen) atoms. The molecule has 1 saturated heterocycles. The van der Waals surface area contributed by atoms with Gasteiger partial charge in [0.15, 0.2) is 0 Å². The van der Waals surface area contributed by atoms with E-state index in [2.05, 4.69) is 19.2 Å². The largest absolute Gasteiger partial charge is 0.379 e. The lowest BCUT2D eigenvalue weighted by atomic mass is 9.84. The first-order valence-electron chi connectivity index (χ1n) is 22.2. The Kier molecular flexibility index (Phi) is 20.5. The maximum Gasteiger partial charge on any atom is 0.226 e. The Hall–Kier alpha value is -3.15. The van der Waals surface area contributed by atoms with Gasteiger partial charge in [0, 0.05) is 65.0 Å². The van der Waals surface area contributed by atoms with E-state index in [-0.39, 0.29) is 72.5 Å². The molecular formula is C47H78N4O7. The van der Waals surface area contributed by atoms with Gasteiger partial charge in [-0.1, -0.05) is 90.6 Å². The van der Waals surface area contributed by atoms with E-state index in [0.29, 0.717) is 31.8 Å². The molecular weight excluding hydrogens is 733 g/mol. The lowest BCUT2D eigenvalue weighted by Gasteiger charge is -2.41. The van der Waals surface area contributed by atoms with Gasteiger partial charge in [-0.25, -0.2) is 0 Å². The van der Waals surface area contributed by atoms with Crippen molar-refractivity contribution in [3.8, 4) is 0 Å². The van der Waals surface area contributed by atoms with Gasteiger partial charge in [-0.05, 0) is 76.4 Å². The van der Waals surface area contributed by atoms with Crippen LogP contribution in [-0.4, -0.2) is 123 Å². The molecule has 1 saturated carbocycles. The van der Waals surface area contributed by atoms with Gasteiger partial charge in [0.2, 0.25) is 17.7 Å². The van der Waals surface area contributed by atoms with Crippen molar-refractivity contribution in [1.82, 2.24) is 20.0 Å². The second-order valence-electron chi connectivity index (χ2n) is 18.1. The molecule has 2 fully saturated rings. The molecule has 1 aliphatic carbocycles. The number of Topliss-reactive ketones (excluding diaryl/α,β-unsaturated/α-hetero) is 2. The highest BCUT2D eigenvalue weighted by atomic mass is 16.5. The van der Waals surface area contributed by atoms with Crippen LogP contribution in [0.25, 0.3) is 0 Å². The first-order chi connectivity index (χ1) is 27.6. The minimum atomic E-state index is -0.590. The third kappa shape index (κ3) is 13.7. The molecule has 328 valence electrons. The van der Waals surface area contributed by atoms with Crippen LogP contribution in [0.15, 0.2) is 30.3 Å². The average Bonchev–Trinajstić information content (AvgIpc) is 3.71. The highest BCUT2D eigenvalue weighted by Gasteiger charge is 2.43. The highest BCUT2D eigenvalue weighted by Crippen LogP contribution is 2.32. The van der Waals surface area contributed by atoms with Crippen molar-refractivity contribution < 1.29 is 33.4 Å². The van der Waals surface area contributed by atoms with E-state index in [1.807, 2.05) is 81.9 Å². The Labute approximate surface area is 350 Å². The minimum absolute atomic E-state index is 0.0124. The van der Waals surface area contributed by atoms with Crippen LogP contribution in [0.4, 0.5) is 0 Å². The van der Waals surface area contributed by atoms with Crippen LogP contribution in [0.2, 0.25) is 0 Å². The van der Waals surface area contributed by atoms with Gasteiger partial charge in [0.25, 0.3) is 0 Å². The molecule has 1 aromatic carbocycles. The molecule has 0 aromatic heterocycles. The van der Waals surface area contributed by atoms with Crippen molar-refractivity contribution in [2.75, 3.05) is 48.5 Å². The van der Waals surface area contributed by atoms with E-state index in [1.165, 1.54) is 19.3 Å². The summed E-state index contributed by atoms with van der Waals surface area (Å²) in [5.41, 5.74) is 1.01. The van der Waals surface area contributed by atoms with E-state index in [9.17, 15) is 24.0 Å². The third-order valence-corrected chi connectivity index (χ3v) is 13.6. The number of rotatable bonds is 24. The number of carbonyl (C=O) groups excluding carboxylic acids is 5. The monoisotopic (exact) mass is 811 g/mol. The van der Waals surface area contributed by atoms with E-state index in [0.717, 1.165) is 31.2 Å². The van der Waals surface area contributed by atoms with Gasteiger partial charge in [0.05, 0.1) is 36.8 Å². The molecule has 0 bridgehead atoms. The van der Waals surface area contributed by atoms with Crippen molar-refractivity contribution in [3.05, 3.63) is 35.9 Å². The molecule has 1 aromatic rings. The van der Waals surface area contributed by atoms with Crippen molar-refractivity contribution in [3.63, 3.8) is 0 Å². The fourth-order valence-electron chi connectivity index (χ4n) is 9.25. The highest BCUT2D eigenvalue weighted by molar-refractivity contribution is 5.90. The van der Waals surface area contributed by atoms with Crippen molar-refractivity contribution >= 4 is 29.3 Å². The molecule has 9 atom stereocenters. The molecule has 11 heteroatoms. The van der Waals surface area contributed by atoms with Gasteiger partial charge in [-0.3, -0.25) is 28.9 Å². The number of hydrogen-bond acceptors (Lipinski definition) is 8. The molecule has 0 unspecified atom stereocenters. The van der Waals surface area contributed by atoms with Gasteiger partial charge in [-0.2, -0.15) is 0 Å². The lowest BCUT2D eigenvalue weighted by Crippen LogP contribution is -2.54. The average molecular weight is 811 g/mol. The zero-order valence-corrected chi connectivity index (χ0v) is 37.8. The van der Waals surface area contributed by atoms with Crippen molar-refractivity contribution in [1.29, 1.82) is 0 Å². The quantitative estimate of drug-likeness (QED) is 0.124. The summed E-state index contributed by atoms with van der Waals surface area (Å²) in [7, 11) is 8.69. The second-order valence-corrected chi connectivity index (χ2v) is 18.1. The summed E-state index contributed by atoms with van der Waals surface area (Å²) in [6, 6.07) is 8.83. The molecule has 1 N–H and O–H groups in total. The van der Waals surface area contributed by atoms with Crippen LogP contribution in [0, 0.1) is 35.5 Å². The van der Waals surface area contributed by atoms with Gasteiger partial charge in [0.1, 0.15) is 11.6 Å². The van der Waals surface area contributed by atoms with Gasteiger partial charge in [-0.15, -0.1) is 0 Å². The number of benzene rings is 1. The second kappa shape index (κ2) is 24.2. The van der Waals surface area contributed by atoms with Crippen LogP contribution < -0.4 is 5.32 Å². The lowest BCUT2D eigenvalue weighted by molar-refractivity contribution is -0.149. The van der Waals surface area contributed by atoms with E-state index < -0.39 is 36.0 Å². The van der Waals surface area contributed by atoms with Gasteiger partial charge < -0.3 is 24.6 Å². The van der Waals surface area contributed by atoms with Gasteiger partial charge >= 0.3 is 0 Å². The SMILES string of the molecule is CC[C@H](C)[C@@H]([C@@H](CC(=O)N1CCC[C@H]1[C@H](OC)[C@@H](C)C(=O)C[C@@H](Cc1ccccc1)C(=O)NCC1CCCCC1)OC)N(C)C(=O)[C@@H](CC(=O)[C@H](C)N(C)C)C(C)C. The van der Waals surface area contributed by atoms with Crippen LogP contribution in [0.5, 0.6) is 0 Å². The summed E-state index contributed by atoms with van der Waals surface area (Å²) in [6.07, 6.45) is 7.76. The Morgan fingerprint density at radius 2 is 1.48 bits per heavy atom. The summed E-state index contributed by atoms with van der Waals surface area (Å²) < 4.78 is 12.1. The molecule has 1 heterocycles. The summed E-state index contributed by atoms with van der Waals surface area (Å²) in [4.78, 5) is 75.0. The molecule has 2 aliphatic rings. The number of likely N-dealkylation sites (tertiary alicyclic amines) is 1. The summed E-state index contributed by atoms with van der Waals surface area (Å²) in [5.74, 6) is -1.45. The van der Waals surface area contributed by atoms with Crippen LogP contribution in [0.1, 0.15) is 118 Å². The summed E-state index contributed by atoms with van der Waals surface area (Å²) >= 11 is 0. The Balaban J connectivity index is 1.77. The standard InChI is InChI=1S/C47H78N4O7/c1-12-32(4)44(50(9)47(56)38(31(2)3)28-41(53)34(6)49(7)8)42(57-10)29-43(54)51-25-19-24-39(51)45(58-11)33(5)40(52)27-37(26-35-20-15-13-16-21-35)46(55)48-30-36-22-17-14-18-23-36/h13,15-16,20-21,31-34,36-39,42,44-45H,12,14,17-19,22-30H2,1-11H3,(H,48,55)/t32-,33-,34-,37+,38-,39-,42+,44-,45+/m0/s1. The normalized spacial score (nSPS) is 20.5. The number of nitrogens with zero attached hydrogens (tertiary/aromatic N) is 3. The predicted molar refractivity (Wildman–Crippen MR) is 230 cm³/mol. The van der Waals surface area contributed by atoms with E-state index in [1.54, 1.807) is 26.2 Å². The molecule has 3 amide bonds. The first-order valence-corrected chi connectivity index (χ1v) is 22.2. The fraction of sp³-hybridized carbons (Fsp3) is 0.766. The predicted octanol–water partition coefficient (Wildman–Crippen LogP) is 6.60. The number of likely N-dealkylation sites (N-methyl/N-ethyl adjacent to an activating group) is 2. The molecule has 11 nitrogen and oxygen atoms in total. The Morgan fingerprint density at radius 1 is 0.828 bits per heavy atom. The smallest absolute Gasteiger partial charge is 0.226 e. The minimum Gasteiger partial charge on any atom is -0.379 e.